The van der Waals surface area contributed by atoms with Crippen LogP contribution in [0.2, 0.25) is 0 Å². The number of ether oxygens (including phenoxy) is 1. The Labute approximate surface area is 181 Å². The second kappa shape index (κ2) is 10.5. The summed E-state index contributed by atoms with van der Waals surface area (Å²) >= 11 is 0. The van der Waals surface area contributed by atoms with Crippen molar-refractivity contribution in [3.63, 3.8) is 0 Å². The van der Waals surface area contributed by atoms with Crippen molar-refractivity contribution in [3.8, 4) is 5.75 Å². The molecule has 9 heteroatoms. The molecule has 5 nitrogen and oxygen atoms in total. The molecule has 2 atom stereocenters. The van der Waals surface area contributed by atoms with Crippen molar-refractivity contribution >= 4 is 5.96 Å². The average molecular weight is 445 g/mol. The number of nitrogens with zero attached hydrogens (tertiary/aromatic N) is 2. The minimum absolute atomic E-state index is 0.0912. The van der Waals surface area contributed by atoms with Crippen LogP contribution in [0, 0.1) is 17.7 Å². The Morgan fingerprint density at radius 1 is 1.26 bits per heavy atom. The molecular weight excluding hydrogens is 412 g/mol. The molecule has 2 N–H and O–H groups in total. The molecule has 1 saturated heterocycles. The third-order valence-corrected chi connectivity index (χ3v) is 5.61. The first-order chi connectivity index (χ1) is 14.7. The Kier molecular flexibility index (Phi) is 8.02. The molecule has 0 amide bonds. The minimum atomic E-state index is -4.17. The van der Waals surface area contributed by atoms with Gasteiger partial charge in [0.25, 0.3) is 0 Å². The predicted octanol–water partition coefficient (Wildman–Crippen LogP) is 4.11. The van der Waals surface area contributed by atoms with E-state index in [9.17, 15) is 17.6 Å². The van der Waals surface area contributed by atoms with E-state index in [1.54, 1.807) is 6.07 Å². The van der Waals surface area contributed by atoms with Gasteiger partial charge < -0.3 is 15.4 Å². The van der Waals surface area contributed by atoms with Crippen molar-refractivity contribution < 1.29 is 22.3 Å². The van der Waals surface area contributed by atoms with E-state index in [0.717, 1.165) is 18.4 Å². The molecule has 1 heterocycles. The first-order valence-electron chi connectivity index (χ1n) is 11.0. The lowest BCUT2D eigenvalue weighted by atomic mass is 10.1. The van der Waals surface area contributed by atoms with Gasteiger partial charge in [0.1, 0.15) is 0 Å². The van der Waals surface area contributed by atoms with Crippen LogP contribution in [-0.4, -0.2) is 56.4 Å². The number of aliphatic imine (C=N–C) groups is 1. The van der Waals surface area contributed by atoms with Gasteiger partial charge in [0.05, 0.1) is 19.2 Å². The van der Waals surface area contributed by atoms with Gasteiger partial charge in [0.15, 0.2) is 17.5 Å². The monoisotopic (exact) mass is 444 g/mol. The second-order valence-corrected chi connectivity index (χ2v) is 8.53. The lowest BCUT2D eigenvalue weighted by Gasteiger charge is -2.20. The van der Waals surface area contributed by atoms with Crippen molar-refractivity contribution in [3.05, 3.63) is 29.6 Å². The number of nitrogens with one attached hydrogen (secondary N) is 2. The smallest absolute Gasteiger partial charge is 0.401 e. The Morgan fingerprint density at radius 2 is 2.03 bits per heavy atom. The summed E-state index contributed by atoms with van der Waals surface area (Å²) in [7, 11) is 0. The molecule has 2 unspecified atom stereocenters. The quantitative estimate of drug-likeness (QED) is 0.342. The largest absolute Gasteiger partial charge is 0.490 e. The highest BCUT2D eigenvalue weighted by molar-refractivity contribution is 5.80. The van der Waals surface area contributed by atoms with Crippen LogP contribution in [0.1, 0.15) is 44.7 Å². The molecule has 0 bridgehead atoms. The number of alkyl halides is 3. The van der Waals surface area contributed by atoms with Gasteiger partial charge in [-0.2, -0.15) is 13.2 Å². The third-order valence-electron chi connectivity index (χ3n) is 5.61. The molecule has 1 aromatic carbocycles. The molecule has 1 saturated carbocycles. The highest BCUT2D eigenvalue weighted by Gasteiger charge is 2.34. The molecule has 3 rings (SSSR count). The summed E-state index contributed by atoms with van der Waals surface area (Å²) in [5.74, 6) is 1.10. The van der Waals surface area contributed by atoms with Crippen LogP contribution in [0.3, 0.4) is 0 Å². The van der Waals surface area contributed by atoms with Crippen LogP contribution in [0.25, 0.3) is 0 Å². The summed E-state index contributed by atoms with van der Waals surface area (Å²) in [5, 5.41) is 6.40. The Balaban J connectivity index is 1.53. The molecule has 0 radical (unpaired) electrons. The van der Waals surface area contributed by atoms with Gasteiger partial charge in [-0.3, -0.25) is 9.89 Å². The number of likely N-dealkylation sites (tertiary alicyclic amines) is 1. The van der Waals surface area contributed by atoms with Gasteiger partial charge in [0, 0.05) is 19.6 Å². The SMILES string of the molecule is CCNC(=NCC1CCN(CC(F)(F)F)C1)NC(C)c1ccc(OCC2CC2)c(F)c1. The maximum absolute atomic E-state index is 14.4. The van der Waals surface area contributed by atoms with Gasteiger partial charge >= 0.3 is 6.18 Å². The van der Waals surface area contributed by atoms with Gasteiger partial charge in [-0.25, -0.2) is 4.39 Å². The summed E-state index contributed by atoms with van der Waals surface area (Å²) in [6.07, 6.45) is -1.18. The number of rotatable bonds is 9. The zero-order chi connectivity index (χ0) is 22.4. The van der Waals surface area contributed by atoms with Crippen LogP contribution in [0.4, 0.5) is 17.6 Å². The van der Waals surface area contributed by atoms with E-state index in [-0.39, 0.29) is 23.5 Å². The van der Waals surface area contributed by atoms with Gasteiger partial charge in [-0.1, -0.05) is 6.07 Å². The fourth-order valence-corrected chi connectivity index (χ4v) is 3.68. The van der Waals surface area contributed by atoms with Crippen LogP contribution >= 0.6 is 0 Å². The Hall–Kier alpha value is -2.03. The molecule has 1 aromatic rings. The van der Waals surface area contributed by atoms with E-state index in [0.29, 0.717) is 51.1 Å². The van der Waals surface area contributed by atoms with Crippen molar-refractivity contribution in [2.45, 2.75) is 45.3 Å². The van der Waals surface area contributed by atoms with Gasteiger partial charge in [0.2, 0.25) is 0 Å². The zero-order valence-electron chi connectivity index (χ0n) is 18.1. The molecule has 1 aliphatic heterocycles. The Morgan fingerprint density at radius 3 is 2.68 bits per heavy atom. The van der Waals surface area contributed by atoms with Crippen LogP contribution in [0.5, 0.6) is 5.75 Å². The molecule has 2 fully saturated rings. The number of benzene rings is 1. The fourth-order valence-electron chi connectivity index (χ4n) is 3.68. The van der Waals surface area contributed by atoms with Crippen LogP contribution in [-0.2, 0) is 0 Å². The standard InChI is InChI=1S/C22H32F4N4O/c1-3-27-21(28-11-17-8-9-30(12-17)14-22(24,25)26)29-15(2)18-6-7-20(19(23)10-18)31-13-16-4-5-16/h6-7,10,15-17H,3-5,8-9,11-14H2,1-2H3,(H2,27,28,29). The number of guanidine groups is 1. The highest BCUT2D eigenvalue weighted by atomic mass is 19.4. The molecule has 0 aromatic heterocycles. The maximum atomic E-state index is 14.4. The first-order valence-corrected chi connectivity index (χ1v) is 11.0. The number of hydrogen-bond acceptors (Lipinski definition) is 3. The van der Waals surface area contributed by atoms with Crippen molar-refractivity contribution in [1.29, 1.82) is 0 Å². The first kappa shape index (κ1) is 23.6. The van der Waals surface area contributed by atoms with Crippen LogP contribution in [0.15, 0.2) is 23.2 Å². The van der Waals surface area contributed by atoms with Crippen molar-refractivity contribution in [2.75, 3.05) is 39.3 Å². The molecule has 0 spiro atoms. The van der Waals surface area contributed by atoms with Crippen molar-refractivity contribution in [1.82, 2.24) is 15.5 Å². The molecule has 31 heavy (non-hydrogen) atoms. The second-order valence-electron chi connectivity index (χ2n) is 8.53. The fraction of sp³-hybridized carbons (Fsp3) is 0.682. The maximum Gasteiger partial charge on any atom is 0.401 e. The lowest BCUT2D eigenvalue weighted by Crippen LogP contribution is -2.39. The van der Waals surface area contributed by atoms with E-state index in [2.05, 4.69) is 15.6 Å². The highest BCUT2D eigenvalue weighted by Crippen LogP contribution is 2.30. The number of hydrogen-bond donors (Lipinski definition) is 2. The molecule has 174 valence electrons. The van der Waals surface area contributed by atoms with E-state index in [1.807, 2.05) is 19.9 Å². The normalized spacial score (nSPS) is 21.2. The van der Waals surface area contributed by atoms with Crippen molar-refractivity contribution in [2.24, 2.45) is 16.8 Å². The summed E-state index contributed by atoms with van der Waals surface area (Å²) in [4.78, 5) is 5.99. The molecular formula is C22H32F4N4O. The third kappa shape index (κ3) is 7.87. The average Bonchev–Trinajstić information content (AvgIpc) is 3.42. The minimum Gasteiger partial charge on any atom is -0.490 e. The predicted molar refractivity (Wildman–Crippen MR) is 113 cm³/mol. The van der Waals surface area contributed by atoms with Gasteiger partial charge in [-0.15, -0.1) is 0 Å². The summed E-state index contributed by atoms with van der Waals surface area (Å²) in [6, 6.07) is 4.76. The van der Waals surface area contributed by atoms with E-state index in [4.69, 9.17) is 4.74 Å². The zero-order valence-corrected chi connectivity index (χ0v) is 18.1. The van der Waals surface area contributed by atoms with Gasteiger partial charge in [-0.05, 0) is 69.2 Å². The van der Waals surface area contributed by atoms with E-state index < -0.39 is 12.7 Å². The summed E-state index contributed by atoms with van der Waals surface area (Å²) in [5.41, 5.74) is 0.763. The van der Waals surface area contributed by atoms with E-state index >= 15 is 0 Å². The lowest BCUT2D eigenvalue weighted by molar-refractivity contribution is -0.143. The number of halogens is 4. The topological polar surface area (TPSA) is 48.9 Å². The summed E-state index contributed by atoms with van der Waals surface area (Å²) in [6.45, 7) is 5.46. The van der Waals surface area contributed by atoms with E-state index in [1.165, 1.54) is 11.0 Å². The van der Waals surface area contributed by atoms with Crippen LogP contribution < -0.4 is 15.4 Å². The molecule has 1 aliphatic carbocycles. The molecule has 2 aliphatic rings. The Bertz CT molecular complexity index is 752. The summed E-state index contributed by atoms with van der Waals surface area (Å²) < 4.78 is 57.6.